The highest BCUT2D eigenvalue weighted by molar-refractivity contribution is 5.10. The first kappa shape index (κ1) is 13.2. The molecule has 0 saturated heterocycles. The van der Waals surface area contributed by atoms with Crippen molar-refractivity contribution in [1.82, 2.24) is 4.90 Å². The largest absolute Gasteiger partial charge is 0.465 e. The van der Waals surface area contributed by atoms with Gasteiger partial charge in [-0.15, -0.1) is 0 Å². The number of nitrogens with zero attached hydrogens (tertiary/aromatic N) is 1. The van der Waals surface area contributed by atoms with Gasteiger partial charge >= 0.3 is 0 Å². The Morgan fingerprint density at radius 1 is 1.50 bits per heavy atom. The van der Waals surface area contributed by atoms with Gasteiger partial charge in [0.15, 0.2) is 0 Å². The van der Waals surface area contributed by atoms with Crippen LogP contribution >= 0.6 is 0 Å². The second-order valence-corrected chi connectivity index (χ2v) is 3.82. The summed E-state index contributed by atoms with van der Waals surface area (Å²) in [6, 6.07) is 4.12. The van der Waals surface area contributed by atoms with Gasteiger partial charge in [-0.3, -0.25) is 4.90 Å². The number of ether oxygens (including phenoxy) is 1. The molecule has 0 amide bonds. The maximum atomic E-state index is 5.82. The first-order chi connectivity index (χ1) is 7.72. The second-order valence-electron chi connectivity index (χ2n) is 3.82. The Labute approximate surface area is 97.4 Å². The molecule has 0 aromatic carbocycles. The number of furan rings is 1. The SMILES string of the molecule is CCN(CCOC)C(CN)c1ccc(C)o1. The van der Waals surface area contributed by atoms with Crippen molar-refractivity contribution in [3.05, 3.63) is 23.7 Å². The number of aryl methyl sites for hydroxylation is 1. The smallest absolute Gasteiger partial charge is 0.122 e. The summed E-state index contributed by atoms with van der Waals surface area (Å²) in [6.45, 7) is 7.14. The highest BCUT2D eigenvalue weighted by Gasteiger charge is 2.20. The zero-order valence-corrected chi connectivity index (χ0v) is 10.4. The second kappa shape index (κ2) is 6.68. The summed E-state index contributed by atoms with van der Waals surface area (Å²) in [7, 11) is 1.71. The quantitative estimate of drug-likeness (QED) is 0.766. The van der Waals surface area contributed by atoms with E-state index in [2.05, 4.69) is 11.8 Å². The molecule has 1 rings (SSSR count). The van der Waals surface area contributed by atoms with Crippen LogP contribution in [0.3, 0.4) is 0 Å². The zero-order valence-electron chi connectivity index (χ0n) is 10.4. The van der Waals surface area contributed by atoms with E-state index >= 15 is 0 Å². The fourth-order valence-electron chi connectivity index (χ4n) is 1.82. The molecule has 0 bridgehead atoms. The first-order valence-corrected chi connectivity index (χ1v) is 5.72. The highest BCUT2D eigenvalue weighted by Crippen LogP contribution is 2.21. The summed E-state index contributed by atoms with van der Waals surface area (Å²) in [5.41, 5.74) is 5.82. The minimum absolute atomic E-state index is 0.147. The molecule has 2 N–H and O–H groups in total. The van der Waals surface area contributed by atoms with Gasteiger partial charge < -0.3 is 14.9 Å². The van der Waals surface area contributed by atoms with E-state index in [1.165, 1.54) is 0 Å². The van der Waals surface area contributed by atoms with E-state index in [4.69, 9.17) is 14.9 Å². The Bertz CT molecular complexity index is 299. The van der Waals surface area contributed by atoms with Crippen LogP contribution in [0.5, 0.6) is 0 Å². The van der Waals surface area contributed by atoms with E-state index in [-0.39, 0.29) is 6.04 Å². The first-order valence-electron chi connectivity index (χ1n) is 5.72. The lowest BCUT2D eigenvalue weighted by Crippen LogP contribution is -2.35. The summed E-state index contributed by atoms with van der Waals surface area (Å²) in [6.07, 6.45) is 0. The predicted molar refractivity (Wildman–Crippen MR) is 64.4 cm³/mol. The Kier molecular flexibility index (Phi) is 5.52. The van der Waals surface area contributed by atoms with Crippen molar-refractivity contribution >= 4 is 0 Å². The standard InChI is InChI=1S/C12H22N2O2/c1-4-14(7-8-15-3)11(9-13)12-6-5-10(2)16-12/h5-6,11H,4,7-9,13H2,1-3H3. The Balaban J connectivity index is 2.70. The van der Waals surface area contributed by atoms with Gasteiger partial charge in [0.2, 0.25) is 0 Å². The third kappa shape index (κ3) is 3.33. The maximum Gasteiger partial charge on any atom is 0.122 e. The van der Waals surface area contributed by atoms with E-state index in [1.54, 1.807) is 7.11 Å². The minimum Gasteiger partial charge on any atom is -0.465 e. The van der Waals surface area contributed by atoms with Crippen LogP contribution in [0, 0.1) is 6.92 Å². The molecular formula is C12H22N2O2. The molecule has 4 heteroatoms. The Morgan fingerprint density at radius 2 is 2.25 bits per heavy atom. The molecule has 0 aliphatic rings. The average Bonchev–Trinajstić information content (AvgIpc) is 2.70. The third-order valence-corrected chi connectivity index (χ3v) is 2.74. The number of methoxy groups -OCH3 is 1. The summed E-state index contributed by atoms with van der Waals surface area (Å²) in [5.74, 6) is 1.87. The lowest BCUT2D eigenvalue weighted by Gasteiger charge is -2.27. The van der Waals surface area contributed by atoms with E-state index in [0.717, 1.165) is 24.6 Å². The molecule has 16 heavy (non-hydrogen) atoms. The molecule has 0 aliphatic carbocycles. The molecule has 1 aromatic rings. The number of hydrogen-bond acceptors (Lipinski definition) is 4. The van der Waals surface area contributed by atoms with Crippen molar-refractivity contribution < 1.29 is 9.15 Å². The average molecular weight is 226 g/mol. The van der Waals surface area contributed by atoms with Crippen LogP contribution in [0.1, 0.15) is 24.5 Å². The summed E-state index contributed by atoms with van der Waals surface area (Å²) in [5, 5.41) is 0. The summed E-state index contributed by atoms with van der Waals surface area (Å²) >= 11 is 0. The predicted octanol–water partition coefficient (Wildman–Crippen LogP) is 1.56. The molecule has 1 aromatic heterocycles. The maximum absolute atomic E-state index is 5.82. The molecule has 92 valence electrons. The lowest BCUT2D eigenvalue weighted by atomic mass is 10.2. The number of nitrogens with two attached hydrogens (primary N) is 1. The fraction of sp³-hybridized carbons (Fsp3) is 0.667. The van der Waals surface area contributed by atoms with Crippen molar-refractivity contribution in [3.8, 4) is 0 Å². The van der Waals surface area contributed by atoms with Gasteiger partial charge in [-0.05, 0) is 25.6 Å². The molecule has 0 spiro atoms. The van der Waals surface area contributed by atoms with Gasteiger partial charge in [-0.1, -0.05) is 6.92 Å². The van der Waals surface area contributed by atoms with E-state index < -0.39 is 0 Å². The van der Waals surface area contributed by atoms with Gasteiger partial charge in [-0.2, -0.15) is 0 Å². The van der Waals surface area contributed by atoms with Crippen molar-refractivity contribution in [3.63, 3.8) is 0 Å². The van der Waals surface area contributed by atoms with E-state index in [9.17, 15) is 0 Å². The normalized spacial score (nSPS) is 13.3. The zero-order chi connectivity index (χ0) is 12.0. The van der Waals surface area contributed by atoms with Gasteiger partial charge in [0.05, 0.1) is 12.6 Å². The van der Waals surface area contributed by atoms with Crippen LogP contribution in [0.15, 0.2) is 16.5 Å². The molecule has 1 atom stereocenters. The Morgan fingerprint density at radius 3 is 2.69 bits per heavy atom. The van der Waals surface area contributed by atoms with Crippen LogP contribution in [0.2, 0.25) is 0 Å². The van der Waals surface area contributed by atoms with Gasteiger partial charge in [0.1, 0.15) is 11.5 Å². The highest BCUT2D eigenvalue weighted by atomic mass is 16.5. The van der Waals surface area contributed by atoms with Gasteiger partial charge in [0, 0.05) is 20.2 Å². The third-order valence-electron chi connectivity index (χ3n) is 2.74. The molecule has 0 aliphatic heterocycles. The molecule has 0 fully saturated rings. The number of hydrogen-bond donors (Lipinski definition) is 1. The number of likely N-dealkylation sites (N-methyl/N-ethyl adjacent to an activating group) is 1. The van der Waals surface area contributed by atoms with E-state index in [0.29, 0.717) is 13.2 Å². The number of rotatable bonds is 7. The molecular weight excluding hydrogens is 204 g/mol. The van der Waals surface area contributed by atoms with Crippen LogP contribution < -0.4 is 5.73 Å². The molecule has 0 saturated carbocycles. The topological polar surface area (TPSA) is 51.6 Å². The summed E-state index contributed by atoms with van der Waals surface area (Å²) in [4.78, 5) is 2.27. The monoisotopic (exact) mass is 226 g/mol. The van der Waals surface area contributed by atoms with E-state index in [1.807, 2.05) is 19.1 Å². The van der Waals surface area contributed by atoms with Crippen LogP contribution in [-0.4, -0.2) is 38.3 Å². The molecule has 1 unspecified atom stereocenters. The summed E-state index contributed by atoms with van der Waals surface area (Å²) < 4.78 is 10.7. The van der Waals surface area contributed by atoms with Crippen LogP contribution in [0.25, 0.3) is 0 Å². The van der Waals surface area contributed by atoms with Crippen molar-refractivity contribution in [2.75, 3.05) is 33.4 Å². The molecule has 4 nitrogen and oxygen atoms in total. The Hall–Kier alpha value is -0.840. The van der Waals surface area contributed by atoms with Crippen molar-refractivity contribution in [2.24, 2.45) is 5.73 Å². The van der Waals surface area contributed by atoms with Gasteiger partial charge in [0.25, 0.3) is 0 Å². The van der Waals surface area contributed by atoms with Crippen LogP contribution in [-0.2, 0) is 4.74 Å². The lowest BCUT2D eigenvalue weighted by molar-refractivity contribution is 0.117. The molecule has 1 heterocycles. The minimum atomic E-state index is 0.147. The molecule has 0 radical (unpaired) electrons. The van der Waals surface area contributed by atoms with Crippen molar-refractivity contribution in [1.29, 1.82) is 0 Å². The van der Waals surface area contributed by atoms with Crippen LogP contribution in [0.4, 0.5) is 0 Å². The van der Waals surface area contributed by atoms with Crippen molar-refractivity contribution in [2.45, 2.75) is 19.9 Å². The van der Waals surface area contributed by atoms with Gasteiger partial charge in [-0.25, -0.2) is 0 Å². The fourth-order valence-corrected chi connectivity index (χ4v) is 1.82.